The van der Waals surface area contributed by atoms with Gasteiger partial charge < -0.3 is 0 Å². The molecule has 2 aromatic rings. The SMILES string of the molecule is O=S(=O)(Nc1ccccn1)c1cc(Cl)ccc1F. The van der Waals surface area contributed by atoms with Crippen molar-refractivity contribution in [3.8, 4) is 0 Å². The molecule has 0 amide bonds. The van der Waals surface area contributed by atoms with Crippen LogP contribution in [0.2, 0.25) is 5.02 Å². The number of pyridine rings is 1. The standard InChI is InChI=1S/C11H8ClFN2O2S/c12-8-4-5-9(13)10(7-8)18(16,17)15-11-3-1-2-6-14-11/h1-7H,(H,14,15). The summed E-state index contributed by atoms with van der Waals surface area (Å²) in [4.78, 5) is 3.28. The van der Waals surface area contributed by atoms with Crippen molar-refractivity contribution < 1.29 is 12.8 Å². The van der Waals surface area contributed by atoms with Crippen LogP contribution in [0, 0.1) is 5.82 Å². The van der Waals surface area contributed by atoms with Crippen LogP contribution in [-0.2, 0) is 10.0 Å². The number of nitrogens with one attached hydrogen (secondary N) is 1. The molecule has 1 heterocycles. The second-order valence-corrected chi connectivity index (χ2v) is 5.48. The van der Waals surface area contributed by atoms with Gasteiger partial charge in [-0.25, -0.2) is 17.8 Å². The molecule has 4 nitrogen and oxygen atoms in total. The number of anilines is 1. The van der Waals surface area contributed by atoms with E-state index in [0.29, 0.717) is 0 Å². The Hall–Kier alpha value is -1.66. The molecule has 0 atom stereocenters. The van der Waals surface area contributed by atoms with Crippen LogP contribution in [-0.4, -0.2) is 13.4 Å². The van der Waals surface area contributed by atoms with E-state index in [1.807, 2.05) is 0 Å². The number of hydrogen-bond donors (Lipinski definition) is 1. The maximum absolute atomic E-state index is 13.5. The minimum atomic E-state index is -4.04. The van der Waals surface area contributed by atoms with Crippen LogP contribution < -0.4 is 4.72 Å². The number of halogens is 2. The summed E-state index contributed by atoms with van der Waals surface area (Å²) in [6.07, 6.45) is 1.42. The Labute approximate surface area is 108 Å². The van der Waals surface area contributed by atoms with E-state index in [-0.39, 0.29) is 10.8 Å². The van der Waals surface area contributed by atoms with E-state index in [2.05, 4.69) is 9.71 Å². The molecule has 0 saturated carbocycles. The first-order valence-electron chi connectivity index (χ1n) is 4.88. The maximum atomic E-state index is 13.5. The van der Waals surface area contributed by atoms with Gasteiger partial charge in [0, 0.05) is 11.2 Å². The third-order valence-corrected chi connectivity index (χ3v) is 3.69. The zero-order valence-electron chi connectivity index (χ0n) is 8.97. The van der Waals surface area contributed by atoms with Crippen LogP contribution in [0.1, 0.15) is 0 Å². The fourth-order valence-electron chi connectivity index (χ4n) is 1.30. The van der Waals surface area contributed by atoms with Crippen molar-refractivity contribution in [1.29, 1.82) is 0 Å². The number of hydrogen-bond acceptors (Lipinski definition) is 3. The van der Waals surface area contributed by atoms with Crippen LogP contribution in [0.25, 0.3) is 0 Å². The van der Waals surface area contributed by atoms with E-state index in [0.717, 1.165) is 12.1 Å². The van der Waals surface area contributed by atoms with E-state index < -0.39 is 20.7 Å². The van der Waals surface area contributed by atoms with Crippen molar-refractivity contribution in [3.05, 3.63) is 53.4 Å². The molecule has 1 N–H and O–H groups in total. The summed E-state index contributed by atoms with van der Waals surface area (Å²) >= 11 is 5.65. The zero-order valence-corrected chi connectivity index (χ0v) is 10.5. The fraction of sp³-hybridized carbons (Fsp3) is 0. The third kappa shape index (κ3) is 2.77. The van der Waals surface area contributed by atoms with Gasteiger partial charge >= 0.3 is 0 Å². The van der Waals surface area contributed by atoms with E-state index in [1.165, 1.54) is 18.3 Å². The summed E-state index contributed by atoms with van der Waals surface area (Å²) in [7, 11) is -4.04. The van der Waals surface area contributed by atoms with Crippen LogP contribution in [0.4, 0.5) is 10.2 Å². The van der Waals surface area contributed by atoms with Crippen molar-refractivity contribution in [1.82, 2.24) is 4.98 Å². The van der Waals surface area contributed by atoms with Crippen LogP contribution in [0.5, 0.6) is 0 Å². The number of aromatic nitrogens is 1. The number of sulfonamides is 1. The molecule has 18 heavy (non-hydrogen) atoms. The lowest BCUT2D eigenvalue weighted by Gasteiger charge is -2.08. The number of benzene rings is 1. The van der Waals surface area contributed by atoms with E-state index >= 15 is 0 Å². The van der Waals surface area contributed by atoms with Gasteiger partial charge in [0.05, 0.1) is 0 Å². The lowest BCUT2D eigenvalue weighted by molar-refractivity contribution is 0.570. The normalized spacial score (nSPS) is 11.2. The van der Waals surface area contributed by atoms with Crippen molar-refractivity contribution in [3.63, 3.8) is 0 Å². The van der Waals surface area contributed by atoms with Gasteiger partial charge in [-0.05, 0) is 30.3 Å². The van der Waals surface area contributed by atoms with E-state index in [4.69, 9.17) is 11.6 Å². The van der Waals surface area contributed by atoms with Gasteiger partial charge in [0.25, 0.3) is 10.0 Å². The topological polar surface area (TPSA) is 59.1 Å². The Kier molecular flexibility index (Phi) is 3.49. The monoisotopic (exact) mass is 286 g/mol. The van der Waals surface area contributed by atoms with E-state index in [9.17, 15) is 12.8 Å². The lowest BCUT2D eigenvalue weighted by atomic mass is 10.3. The molecule has 1 aromatic heterocycles. The molecule has 1 aromatic carbocycles. The molecule has 2 rings (SSSR count). The average Bonchev–Trinajstić information content (AvgIpc) is 2.33. The molecule has 0 fully saturated rings. The van der Waals surface area contributed by atoms with Gasteiger partial charge in [0.1, 0.15) is 16.5 Å². The molecule has 0 spiro atoms. The highest BCUT2D eigenvalue weighted by Crippen LogP contribution is 2.21. The minimum Gasteiger partial charge on any atom is -0.263 e. The van der Waals surface area contributed by atoms with Crippen LogP contribution in [0.3, 0.4) is 0 Å². The first kappa shape index (κ1) is 12.8. The molecule has 0 aliphatic carbocycles. The highest BCUT2D eigenvalue weighted by atomic mass is 35.5. The molecule has 94 valence electrons. The first-order chi connectivity index (χ1) is 8.49. The van der Waals surface area contributed by atoms with Crippen molar-refractivity contribution in [2.45, 2.75) is 4.90 Å². The Morgan fingerprint density at radius 1 is 1.22 bits per heavy atom. The first-order valence-corrected chi connectivity index (χ1v) is 6.74. The van der Waals surface area contributed by atoms with Gasteiger partial charge in [-0.1, -0.05) is 17.7 Å². The fourth-order valence-corrected chi connectivity index (χ4v) is 2.65. The van der Waals surface area contributed by atoms with Gasteiger partial charge in [0.2, 0.25) is 0 Å². The molecule has 0 bridgehead atoms. The van der Waals surface area contributed by atoms with Gasteiger partial charge in [-0.3, -0.25) is 4.72 Å². The molecule has 7 heteroatoms. The van der Waals surface area contributed by atoms with Gasteiger partial charge in [-0.15, -0.1) is 0 Å². The summed E-state index contributed by atoms with van der Waals surface area (Å²) in [5.74, 6) is -0.764. The highest BCUT2D eigenvalue weighted by Gasteiger charge is 2.19. The predicted molar refractivity (Wildman–Crippen MR) is 66.5 cm³/mol. The lowest BCUT2D eigenvalue weighted by Crippen LogP contribution is -2.15. The summed E-state index contributed by atoms with van der Waals surface area (Å²) in [6, 6.07) is 8.02. The largest absolute Gasteiger partial charge is 0.266 e. The average molecular weight is 287 g/mol. The van der Waals surface area contributed by atoms with Crippen molar-refractivity contribution >= 4 is 27.4 Å². The third-order valence-electron chi connectivity index (χ3n) is 2.09. The van der Waals surface area contributed by atoms with Crippen LogP contribution in [0.15, 0.2) is 47.5 Å². The second-order valence-electron chi connectivity index (χ2n) is 3.40. The van der Waals surface area contributed by atoms with E-state index in [1.54, 1.807) is 12.1 Å². The molecule has 0 radical (unpaired) electrons. The molecular weight excluding hydrogens is 279 g/mol. The van der Waals surface area contributed by atoms with Crippen LogP contribution >= 0.6 is 11.6 Å². The summed E-state index contributed by atoms with van der Waals surface area (Å²) < 4.78 is 39.5. The second kappa shape index (κ2) is 4.91. The number of rotatable bonds is 3. The number of nitrogens with zero attached hydrogens (tertiary/aromatic N) is 1. The quantitative estimate of drug-likeness (QED) is 0.944. The molecule has 0 aliphatic heterocycles. The Balaban J connectivity index is 2.40. The maximum Gasteiger partial charge on any atom is 0.266 e. The van der Waals surface area contributed by atoms with Crippen molar-refractivity contribution in [2.75, 3.05) is 4.72 Å². The Morgan fingerprint density at radius 2 is 2.00 bits per heavy atom. The minimum absolute atomic E-state index is 0.108. The summed E-state index contributed by atoms with van der Waals surface area (Å²) in [5, 5.41) is 0.137. The van der Waals surface area contributed by atoms with Gasteiger partial charge in [0.15, 0.2) is 0 Å². The molecule has 0 unspecified atom stereocenters. The smallest absolute Gasteiger partial charge is 0.263 e. The Morgan fingerprint density at radius 3 is 2.67 bits per heavy atom. The highest BCUT2D eigenvalue weighted by molar-refractivity contribution is 7.92. The van der Waals surface area contributed by atoms with Gasteiger partial charge in [-0.2, -0.15) is 0 Å². The molecule has 0 saturated heterocycles. The van der Waals surface area contributed by atoms with Crippen molar-refractivity contribution in [2.24, 2.45) is 0 Å². The predicted octanol–water partition coefficient (Wildman–Crippen LogP) is 2.67. The molecular formula is C11H8ClFN2O2S. The zero-order chi connectivity index (χ0) is 13.2. The summed E-state index contributed by atoms with van der Waals surface area (Å²) in [5.41, 5.74) is 0. The summed E-state index contributed by atoms with van der Waals surface area (Å²) in [6.45, 7) is 0. The molecule has 0 aliphatic rings. The Bertz CT molecular complexity index is 662.